The van der Waals surface area contributed by atoms with Crippen LogP contribution in [0.2, 0.25) is 0 Å². The van der Waals surface area contributed by atoms with Gasteiger partial charge in [-0.05, 0) is 24.6 Å². The van der Waals surface area contributed by atoms with Gasteiger partial charge in [0.25, 0.3) is 17.7 Å². The van der Waals surface area contributed by atoms with E-state index in [2.05, 4.69) is 21.4 Å². The van der Waals surface area contributed by atoms with Crippen LogP contribution in [0.5, 0.6) is 0 Å². The minimum atomic E-state index is -1.83. The van der Waals surface area contributed by atoms with E-state index in [1.165, 1.54) is 12.1 Å². The van der Waals surface area contributed by atoms with E-state index in [9.17, 15) is 23.4 Å². The van der Waals surface area contributed by atoms with E-state index < -0.39 is 50.4 Å². The van der Waals surface area contributed by atoms with Gasteiger partial charge in [-0.25, -0.2) is 9.00 Å². The van der Waals surface area contributed by atoms with Gasteiger partial charge in [0.05, 0.1) is 11.1 Å². The van der Waals surface area contributed by atoms with Crippen LogP contribution < -0.4 is 0 Å². The summed E-state index contributed by atoms with van der Waals surface area (Å²) < 4.78 is 18.1. The Morgan fingerprint density at radius 1 is 1.28 bits per heavy atom. The summed E-state index contributed by atoms with van der Waals surface area (Å²) in [5.74, 6) is -2.64. The van der Waals surface area contributed by atoms with E-state index in [-0.39, 0.29) is 17.7 Å². The second-order valence-corrected chi connectivity index (χ2v) is 10.4. The van der Waals surface area contributed by atoms with Crippen molar-refractivity contribution >= 4 is 70.3 Å². The number of carbonyl (C=O) groups excluding carboxylic acids is 4. The van der Waals surface area contributed by atoms with E-state index in [4.69, 9.17) is 4.74 Å². The number of rotatable bonds is 7. The van der Waals surface area contributed by atoms with E-state index in [1.807, 2.05) is 22.6 Å². The molecule has 8 nitrogen and oxygen atoms in total. The summed E-state index contributed by atoms with van der Waals surface area (Å²) in [6.45, 7) is 5.44. The number of alkyl halides is 1. The third kappa shape index (κ3) is 3.67. The minimum absolute atomic E-state index is 0.148. The number of hydrogen-bond donors (Lipinski definition) is 0. The van der Waals surface area contributed by atoms with Crippen LogP contribution in [0.1, 0.15) is 27.6 Å². The number of fused-ring (bicyclic) bond motifs is 1. The molecule has 1 fully saturated rings. The summed E-state index contributed by atoms with van der Waals surface area (Å²) in [7, 11) is -1.83. The molecule has 2 aliphatic heterocycles. The lowest BCUT2D eigenvalue weighted by Crippen LogP contribution is -2.75. The zero-order chi connectivity index (χ0) is 21.5. The predicted molar refractivity (Wildman–Crippen MR) is 117 cm³/mol. The highest BCUT2D eigenvalue weighted by Crippen LogP contribution is 2.38. The number of β-lactam (4-membered cyclic amide) rings is 1. The number of esters is 1. The van der Waals surface area contributed by atoms with Gasteiger partial charge in [0, 0.05) is 19.2 Å². The van der Waals surface area contributed by atoms with Crippen LogP contribution in [-0.4, -0.2) is 66.2 Å². The molecule has 0 radical (unpaired) electrons. The van der Waals surface area contributed by atoms with Crippen LogP contribution in [0.4, 0.5) is 0 Å². The quantitative estimate of drug-likeness (QED) is 0.0908. The van der Waals surface area contributed by atoms with Gasteiger partial charge >= 0.3 is 5.97 Å². The van der Waals surface area contributed by atoms with Gasteiger partial charge < -0.3 is 9.64 Å². The molecule has 3 amide bonds. The molecule has 0 spiro atoms. The second-order valence-electron chi connectivity index (χ2n) is 6.46. The smallest absolute Gasteiger partial charge is 0.333 e. The highest BCUT2D eigenvalue weighted by Gasteiger charge is 2.61. The van der Waals surface area contributed by atoms with Crippen molar-refractivity contribution < 1.29 is 28.1 Å². The van der Waals surface area contributed by atoms with Gasteiger partial charge in [-0.1, -0.05) is 41.3 Å². The van der Waals surface area contributed by atoms with Crippen LogP contribution >= 0.6 is 37.4 Å². The van der Waals surface area contributed by atoms with Gasteiger partial charge in [-0.15, -0.1) is 0 Å². The molecule has 0 aliphatic carbocycles. The Bertz CT molecular complexity index is 919. The summed E-state index contributed by atoms with van der Waals surface area (Å²) in [6.07, 6.45) is 0. The van der Waals surface area contributed by atoms with Crippen molar-refractivity contribution in [2.24, 2.45) is 0 Å². The number of imide groups is 1. The molecule has 2 heterocycles. The van der Waals surface area contributed by atoms with E-state index in [0.717, 1.165) is 9.80 Å². The molecule has 4 unspecified atom stereocenters. The van der Waals surface area contributed by atoms with Crippen molar-refractivity contribution in [3.63, 3.8) is 0 Å². The van der Waals surface area contributed by atoms with Crippen LogP contribution in [0.15, 0.2) is 36.4 Å². The molecule has 1 aromatic rings. The maximum atomic E-state index is 13.0. The molecule has 154 valence electrons. The molecule has 1 saturated heterocycles. The second kappa shape index (κ2) is 8.64. The highest BCUT2D eigenvalue weighted by atomic mass is 127. The number of hydrogen-bond acceptors (Lipinski definition) is 6. The number of carbonyl (C=O) groups is 4. The Hall–Kier alpha value is -1.60. The normalized spacial score (nSPS) is 22.8. The average molecular weight is 595 g/mol. The fourth-order valence-electron chi connectivity index (χ4n) is 3.40. The topological polar surface area (TPSA) is 101 Å². The third-order valence-corrected chi connectivity index (χ3v) is 7.09. The van der Waals surface area contributed by atoms with Gasteiger partial charge in [0.15, 0.2) is 12.1 Å². The first-order valence-electron chi connectivity index (χ1n) is 8.46. The molecular formula is C18H16BrIN2O6S. The van der Waals surface area contributed by atoms with Crippen molar-refractivity contribution in [3.05, 3.63) is 47.5 Å². The summed E-state index contributed by atoms with van der Waals surface area (Å²) in [5, 5.41) is -1.11. The Morgan fingerprint density at radius 3 is 2.28 bits per heavy atom. The molecule has 0 saturated carbocycles. The summed E-state index contributed by atoms with van der Waals surface area (Å²) >= 11 is 4.98. The van der Waals surface area contributed by atoms with E-state index in [1.54, 1.807) is 19.1 Å². The molecule has 0 bridgehead atoms. The van der Waals surface area contributed by atoms with E-state index >= 15 is 0 Å². The van der Waals surface area contributed by atoms with Gasteiger partial charge in [-0.3, -0.25) is 19.3 Å². The maximum absolute atomic E-state index is 13.0. The van der Waals surface area contributed by atoms with Crippen LogP contribution in [0, 0.1) is 0 Å². The Balaban J connectivity index is 1.94. The lowest BCUT2D eigenvalue weighted by Gasteiger charge is -2.50. The van der Waals surface area contributed by atoms with Crippen LogP contribution in [-0.2, 0) is 23.6 Å². The summed E-state index contributed by atoms with van der Waals surface area (Å²) in [6, 6.07) is 3.76. The van der Waals surface area contributed by atoms with Crippen molar-refractivity contribution in [2.75, 3.05) is 11.0 Å². The van der Waals surface area contributed by atoms with Gasteiger partial charge in [0.1, 0.15) is 21.2 Å². The lowest BCUT2D eigenvalue weighted by atomic mass is 9.98. The zero-order valence-electron chi connectivity index (χ0n) is 15.2. The standard InChI is InChI=1S/C18H16BrIN2O6S/c1-9(2)12(18(26)28-8-7-20)22-16(25)13(17(22)29(19)27)21-14(23)10-5-3-4-6-11(10)15(21)24/h3-6,12-13,17H,1,7-8H2,2H3. The highest BCUT2D eigenvalue weighted by molar-refractivity contribution is 14.1. The first-order valence-corrected chi connectivity index (χ1v) is 13.0. The SMILES string of the molecule is C=C(C)C(C(=O)OCCI)N1C(=O)C(N2C(=O)c3ccccc3C2=O)C1S(=O)Br. The lowest BCUT2D eigenvalue weighted by molar-refractivity contribution is -0.164. The fourth-order valence-corrected chi connectivity index (χ4v) is 5.62. The largest absolute Gasteiger partial charge is 0.463 e. The number of likely N-dealkylation sites (tertiary alicyclic amines) is 1. The number of amides is 3. The molecule has 11 heteroatoms. The summed E-state index contributed by atoms with van der Waals surface area (Å²) in [4.78, 5) is 52.9. The molecule has 29 heavy (non-hydrogen) atoms. The number of ether oxygens (including phenoxy) is 1. The minimum Gasteiger partial charge on any atom is -0.463 e. The molecule has 4 atom stereocenters. The monoisotopic (exact) mass is 594 g/mol. The first kappa shape index (κ1) is 22.1. The first-order chi connectivity index (χ1) is 13.7. The maximum Gasteiger partial charge on any atom is 0.333 e. The van der Waals surface area contributed by atoms with E-state index in [0.29, 0.717) is 10.0 Å². The van der Waals surface area contributed by atoms with Crippen molar-refractivity contribution in [1.29, 1.82) is 0 Å². The molecule has 2 aliphatic rings. The van der Waals surface area contributed by atoms with Crippen molar-refractivity contribution in [1.82, 2.24) is 9.80 Å². The predicted octanol–water partition coefficient (Wildman–Crippen LogP) is 1.80. The molecule has 0 N–H and O–H groups in total. The van der Waals surface area contributed by atoms with Crippen LogP contribution in [0.25, 0.3) is 0 Å². The fraction of sp³-hybridized carbons (Fsp3) is 0.333. The van der Waals surface area contributed by atoms with Crippen molar-refractivity contribution in [2.45, 2.75) is 24.4 Å². The summed E-state index contributed by atoms with van der Waals surface area (Å²) in [5.41, 5.74) is 0.682. The Labute approximate surface area is 190 Å². The zero-order valence-corrected chi connectivity index (χ0v) is 19.7. The number of nitrogens with zero attached hydrogens (tertiary/aromatic N) is 2. The molecule has 1 aromatic carbocycles. The average Bonchev–Trinajstić information content (AvgIpc) is 2.92. The van der Waals surface area contributed by atoms with Crippen molar-refractivity contribution in [3.8, 4) is 0 Å². The number of benzene rings is 1. The number of halogens is 2. The molecule has 0 aromatic heterocycles. The van der Waals surface area contributed by atoms with Crippen LogP contribution in [0.3, 0.4) is 0 Å². The van der Waals surface area contributed by atoms with Gasteiger partial charge in [-0.2, -0.15) is 0 Å². The van der Waals surface area contributed by atoms with Gasteiger partial charge in [0.2, 0.25) is 0 Å². The Morgan fingerprint density at radius 2 is 1.83 bits per heavy atom. The Kier molecular flexibility index (Phi) is 6.58. The molecular weight excluding hydrogens is 579 g/mol. The molecule has 3 rings (SSSR count). The third-order valence-electron chi connectivity index (χ3n) is 4.63.